The largest absolute Gasteiger partial charge is 0.466 e. The Bertz CT molecular complexity index is 1230. The first-order valence-electron chi connectivity index (χ1n) is 11.2. The zero-order valence-electron chi connectivity index (χ0n) is 20.5. The van der Waals surface area contributed by atoms with Crippen LogP contribution < -0.4 is 16.0 Å². The van der Waals surface area contributed by atoms with Crippen LogP contribution in [0.15, 0.2) is 52.3 Å². The number of ether oxygens (including phenoxy) is 3. The van der Waals surface area contributed by atoms with Crippen molar-refractivity contribution in [2.45, 2.75) is 19.8 Å². The predicted octanol–water partition coefficient (Wildman–Crippen LogP) is 3.82. The number of halogens is 2. The molecule has 2 aromatic rings. The number of dihydropyridines is 1. The average molecular weight is 568 g/mol. The fourth-order valence-corrected chi connectivity index (χ4v) is 4.99. The van der Waals surface area contributed by atoms with Gasteiger partial charge >= 0.3 is 11.9 Å². The summed E-state index contributed by atoms with van der Waals surface area (Å²) in [4.78, 5) is 31.8. The van der Waals surface area contributed by atoms with Gasteiger partial charge in [-0.05, 0) is 25.5 Å². The molecule has 1 aliphatic rings. The second kappa shape index (κ2) is 12.9. The molecule has 0 saturated carbocycles. The Kier molecular flexibility index (Phi) is 9.93. The molecule has 0 aliphatic carbocycles. The van der Waals surface area contributed by atoms with Crippen LogP contribution in [0.1, 0.15) is 25.3 Å². The Morgan fingerprint density at radius 2 is 2.03 bits per heavy atom. The quantitative estimate of drug-likeness (QED) is 0.169. The molecule has 0 radical (unpaired) electrons. The van der Waals surface area contributed by atoms with Crippen molar-refractivity contribution in [3.05, 3.63) is 67.9 Å². The summed E-state index contributed by atoms with van der Waals surface area (Å²) in [6.45, 7) is 3.89. The summed E-state index contributed by atoms with van der Waals surface area (Å²) >= 11 is 14.2. The van der Waals surface area contributed by atoms with E-state index in [0.29, 0.717) is 22.1 Å². The fourth-order valence-electron chi connectivity index (χ4n) is 3.89. The van der Waals surface area contributed by atoms with Gasteiger partial charge in [-0.3, -0.25) is 10.3 Å². The Morgan fingerprint density at radius 3 is 2.65 bits per heavy atom. The summed E-state index contributed by atoms with van der Waals surface area (Å²) in [5.41, 5.74) is 7.36. The number of methoxy groups -OCH3 is 1. The maximum atomic E-state index is 13.3. The van der Waals surface area contributed by atoms with Crippen molar-refractivity contribution in [2.24, 2.45) is 5.73 Å². The van der Waals surface area contributed by atoms with Gasteiger partial charge in [0, 0.05) is 17.3 Å². The van der Waals surface area contributed by atoms with Crippen LogP contribution in [0.5, 0.6) is 0 Å². The van der Waals surface area contributed by atoms with E-state index < -0.39 is 17.9 Å². The Balaban J connectivity index is 1.97. The molecular formula is C24H27Cl2N5O5S. The van der Waals surface area contributed by atoms with E-state index >= 15 is 0 Å². The molecule has 0 bridgehead atoms. The van der Waals surface area contributed by atoms with Gasteiger partial charge in [0.1, 0.15) is 0 Å². The van der Waals surface area contributed by atoms with Crippen molar-refractivity contribution in [1.29, 1.82) is 5.41 Å². The summed E-state index contributed by atoms with van der Waals surface area (Å²) in [7, 11) is 1.26. The average Bonchev–Trinajstić information content (AvgIpc) is 3.39. The molecule has 198 valence electrons. The van der Waals surface area contributed by atoms with E-state index in [1.165, 1.54) is 23.3 Å². The van der Waals surface area contributed by atoms with Crippen LogP contribution in [-0.2, 0) is 23.8 Å². The number of hydrogen-bond acceptors (Lipinski definition) is 9. The van der Waals surface area contributed by atoms with Gasteiger partial charge in [-0.1, -0.05) is 35.3 Å². The van der Waals surface area contributed by atoms with E-state index in [-0.39, 0.29) is 53.5 Å². The first kappa shape index (κ1) is 28.5. The predicted molar refractivity (Wildman–Crippen MR) is 143 cm³/mol. The maximum Gasteiger partial charge on any atom is 0.336 e. The number of nitrogens with zero attached hydrogens (tertiary/aromatic N) is 2. The van der Waals surface area contributed by atoms with E-state index in [1.54, 1.807) is 43.6 Å². The number of allylic oxidation sites excluding steroid dienone is 1. The topological polar surface area (TPSA) is 140 Å². The second-order valence-electron chi connectivity index (χ2n) is 7.75. The molecule has 4 N–H and O–H groups in total. The fraction of sp³-hybridized carbons (Fsp3) is 0.333. The van der Waals surface area contributed by atoms with Crippen molar-refractivity contribution in [3.8, 4) is 0 Å². The third-order valence-electron chi connectivity index (χ3n) is 5.48. The second-order valence-corrected chi connectivity index (χ2v) is 9.41. The minimum atomic E-state index is -0.915. The van der Waals surface area contributed by atoms with Gasteiger partial charge in [-0.25, -0.2) is 14.6 Å². The molecule has 0 spiro atoms. The van der Waals surface area contributed by atoms with Gasteiger partial charge < -0.3 is 25.3 Å². The zero-order valence-corrected chi connectivity index (χ0v) is 22.8. The molecule has 1 aromatic heterocycles. The highest BCUT2D eigenvalue weighted by Gasteiger charge is 2.40. The standard InChI is InChI=1S/C24H27Cl2N5O5S/c1-4-36-22(33)19-16(12-35-10-9-31(23(27)28)24-29-8-11-37-24)30-13(2)17(21(32)34-3)18(19)14-6-5-7-15(25)20(14)26/h5-8,11,18,30H,4,9-10,12H2,1-3H3,(H3,27,28). The lowest BCUT2D eigenvalue weighted by atomic mass is 9.80. The lowest BCUT2D eigenvalue weighted by molar-refractivity contribution is -0.139. The van der Waals surface area contributed by atoms with Crippen molar-refractivity contribution < 1.29 is 23.8 Å². The normalized spacial score (nSPS) is 15.3. The van der Waals surface area contributed by atoms with Crippen molar-refractivity contribution in [1.82, 2.24) is 10.3 Å². The Labute approximate surface area is 228 Å². The number of benzene rings is 1. The first-order chi connectivity index (χ1) is 17.7. The van der Waals surface area contributed by atoms with Crippen LogP contribution in [0.3, 0.4) is 0 Å². The minimum absolute atomic E-state index is 0.0295. The van der Waals surface area contributed by atoms with Gasteiger partial charge in [0.15, 0.2) is 11.1 Å². The van der Waals surface area contributed by atoms with Crippen LogP contribution in [0.25, 0.3) is 0 Å². The summed E-state index contributed by atoms with van der Waals surface area (Å²) in [5, 5.41) is 13.7. The monoisotopic (exact) mass is 567 g/mol. The van der Waals surface area contributed by atoms with E-state index in [1.807, 2.05) is 0 Å². The molecule has 37 heavy (non-hydrogen) atoms. The summed E-state index contributed by atoms with van der Waals surface area (Å²) in [5.74, 6) is -2.36. The van der Waals surface area contributed by atoms with Crippen LogP contribution in [0.2, 0.25) is 10.0 Å². The number of guanidine groups is 1. The van der Waals surface area contributed by atoms with Gasteiger partial charge in [0.25, 0.3) is 0 Å². The molecule has 0 amide bonds. The van der Waals surface area contributed by atoms with Crippen LogP contribution in [0.4, 0.5) is 5.13 Å². The SMILES string of the molecule is CCOC(=O)C1=C(COCCN(C(=N)N)c2nccs2)NC(C)=C(C(=O)OC)C1c1cccc(Cl)c1Cl. The van der Waals surface area contributed by atoms with Crippen LogP contribution >= 0.6 is 34.5 Å². The number of thiazole rings is 1. The Morgan fingerprint density at radius 1 is 1.27 bits per heavy atom. The number of rotatable bonds is 10. The number of nitrogens with one attached hydrogen (secondary N) is 2. The first-order valence-corrected chi connectivity index (χ1v) is 12.8. The molecule has 0 fully saturated rings. The lowest BCUT2D eigenvalue weighted by Gasteiger charge is -2.32. The minimum Gasteiger partial charge on any atom is -0.466 e. The third kappa shape index (κ3) is 6.42. The van der Waals surface area contributed by atoms with Crippen LogP contribution in [-0.4, -0.2) is 56.4 Å². The summed E-state index contributed by atoms with van der Waals surface area (Å²) in [6, 6.07) is 4.99. The highest BCUT2D eigenvalue weighted by atomic mass is 35.5. The van der Waals surface area contributed by atoms with Gasteiger partial charge in [-0.15, -0.1) is 11.3 Å². The van der Waals surface area contributed by atoms with Crippen LogP contribution in [0, 0.1) is 5.41 Å². The molecule has 2 heterocycles. The Hall–Kier alpha value is -3.12. The third-order valence-corrected chi connectivity index (χ3v) is 7.11. The van der Waals surface area contributed by atoms with Crippen molar-refractivity contribution in [3.63, 3.8) is 0 Å². The molecule has 10 nitrogen and oxygen atoms in total. The molecule has 1 atom stereocenters. The molecule has 1 unspecified atom stereocenters. The zero-order chi connectivity index (χ0) is 27.1. The molecule has 0 saturated heterocycles. The smallest absolute Gasteiger partial charge is 0.336 e. The van der Waals surface area contributed by atoms with E-state index in [9.17, 15) is 9.59 Å². The number of nitrogens with two attached hydrogens (primary N) is 1. The highest BCUT2D eigenvalue weighted by molar-refractivity contribution is 7.13. The lowest BCUT2D eigenvalue weighted by Crippen LogP contribution is -2.39. The number of aromatic nitrogens is 1. The number of esters is 2. The van der Waals surface area contributed by atoms with Gasteiger partial charge in [0.05, 0.1) is 66.3 Å². The van der Waals surface area contributed by atoms with E-state index in [2.05, 4.69) is 10.3 Å². The highest BCUT2D eigenvalue weighted by Crippen LogP contribution is 2.43. The van der Waals surface area contributed by atoms with Crippen molar-refractivity contribution in [2.75, 3.05) is 38.4 Å². The summed E-state index contributed by atoms with van der Waals surface area (Å²) < 4.78 is 16.3. The molecule has 13 heteroatoms. The number of carbonyl (C=O) groups is 2. The molecular weight excluding hydrogens is 541 g/mol. The molecule has 3 rings (SSSR count). The van der Waals surface area contributed by atoms with E-state index in [0.717, 1.165) is 0 Å². The number of hydrogen-bond donors (Lipinski definition) is 3. The van der Waals surface area contributed by atoms with E-state index in [4.69, 9.17) is 48.6 Å². The van der Waals surface area contributed by atoms with Gasteiger partial charge in [0.2, 0.25) is 0 Å². The maximum absolute atomic E-state index is 13.3. The van der Waals surface area contributed by atoms with Gasteiger partial charge in [-0.2, -0.15) is 0 Å². The summed E-state index contributed by atoms with van der Waals surface area (Å²) in [6.07, 6.45) is 1.62. The number of carbonyl (C=O) groups excluding carboxylic acids is 2. The number of anilines is 1. The van der Waals surface area contributed by atoms with Crippen molar-refractivity contribution >= 4 is 57.6 Å². The molecule has 1 aliphatic heterocycles. The molecule has 1 aromatic carbocycles.